The fraction of sp³-hybridized carbons (Fsp3) is 0.182. The van der Waals surface area contributed by atoms with Gasteiger partial charge >= 0.3 is 0 Å². The van der Waals surface area contributed by atoms with E-state index in [4.69, 9.17) is 5.73 Å². The summed E-state index contributed by atoms with van der Waals surface area (Å²) < 4.78 is 2.02. The lowest BCUT2D eigenvalue weighted by Crippen LogP contribution is -1.90. The molecule has 0 aliphatic rings. The van der Waals surface area contributed by atoms with Crippen LogP contribution in [0.2, 0.25) is 0 Å². The molecule has 2 aromatic rings. The number of anilines is 1. The summed E-state index contributed by atoms with van der Waals surface area (Å²) in [6.07, 6.45) is 3.76. The molecule has 3 nitrogen and oxygen atoms in total. The third-order valence-electron chi connectivity index (χ3n) is 2.12. The Morgan fingerprint density at radius 2 is 2.07 bits per heavy atom. The minimum Gasteiger partial charge on any atom is -0.399 e. The normalized spacial score (nSPS) is 10.5. The zero-order valence-corrected chi connectivity index (χ0v) is 9.37. The van der Waals surface area contributed by atoms with Crippen LogP contribution in [-0.4, -0.2) is 9.55 Å². The fourth-order valence-corrected chi connectivity index (χ4v) is 2.14. The predicted molar refractivity (Wildman–Crippen MR) is 63.6 cm³/mol. The van der Waals surface area contributed by atoms with Crippen molar-refractivity contribution in [1.29, 1.82) is 0 Å². The maximum atomic E-state index is 5.62. The van der Waals surface area contributed by atoms with E-state index in [1.165, 1.54) is 5.56 Å². The maximum Gasteiger partial charge on any atom is 0.167 e. The van der Waals surface area contributed by atoms with Crippen molar-refractivity contribution in [3.63, 3.8) is 0 Å². The Hall–Kier alpha value is -1.42. The van der Waals surface area contributed by atoms with Gasteiger partial charge in [0, 0.05) is 30.9 Å². The van der Waals surface area contributed by atoms with E-state index >= 15 is 0 Å². The Kier molecular flexibility index (Phi) is 2.97. The number of hydrogen-bond donors (Lipinski definition) is 1. The van der Waals surface area contributed by atoms with Crippen LogP contribution in [-0.2, 0) is 12.8 Å². The molecule has 78 valence electrons. The molecule has 1 heterocycles. The van der Waals surface area contributed by atoms with Crippen molar-refractivity contribution < 1.29 is 0 Å². The summed E-state index contributed by atoms with van der Waals surface area (Å²) in [5, 5.41) is 1.03. The van der Waals surface area contributed by atoms with Gasteiger partial charge in [0.15, 0.2) is 5.16 Å². The zero-order valence-electron chi connectivity index (χ0n) is 8.55. The van der Waals surface area contributed by atoms with Crippen molar-refractivity contribution in [3.05, 3.63) is 42.2 Å². The average molecular weight is 219 g/mol. The number of thioether (sulfide) groups is 1. The van der Waals surface area contributed by atoms with Crippen LogP contribution >= 0.6 is 11.8 Å². The largest absolute Gasteiger partial charge is 0.399 e. The van der Waals surface area contributed by atoms with Gasteiger partial charge in [-0.15, -0.1) is 0 Å². The Morgan fingerprint density at radius 1 is 1.33 bits per heavy atom. The smallest absolute Gasteiger partial charge is 0.167 e. The highest BCUT2D eigenvalue weighted by atomic mass is 32.2. The first-order valence-electron chi connectivity index (χ1n) is 4.70. The highest BCUT2D eigenvalue weighted by molar-refractivity contribution is 7.98. The van der Waals surface area contributed by atoms with Gasteiger partial charge in [0.2, 0.25) is 0 Å². The second kappa shape index (κ2) is 4.40. The van der Waals surface area contributed by atoms with E-state index in [1.54, 1.807) is 11.8 Å². The van der Waals surface area contributed by atoms with Crippen LogP contribution in [0.1, 0.15) is 5.56 Å². The van der Waals surface area contributed by atoms with Gasteiger partial charge in [-0.3, -0.25) is 0 Å². The fourth-order valence-electron chi connectivity index (χ4n) is 1.25. The SMILES string of the molecule is Cn1ccnc1SCc1ccc(N)cc1. The van der Waals surface area contributed by atoms with Gasteiger partial charge in [0.25, 0.3) is 0 Å². The number of aryl methyl sites for hydroxylation is 1. The summed E-state index contributed by atoms with van der Waals surface area (Å²) in [4.78, 5) is 4.25. The quantitative estimate of drug-likeness (QED) is 0.636. The van der Waals surface area contributed by atoms with Crippen LogP contribution in [0.25, 0.3) is 0 Å². The molecular formula is C11H13N3S. The van der Waals surface area contributed by atoms with Crippen molar-refractivity contribution in [2.45, 2.75) is 10.9 Å². The van der Waals surface area contributed by atoms with E-state index in [0.29, 0.717) is 0 Å². The van der Waals surface area contributed by atoms with Crippen molar-refractivity contribution in [3.8, 4) is 0 Å². The molecule has 0 saturated carbocycles. The minimum atomic E-state index is 0.806. The van der Waals surface area contributed by atoms with Crippen LogP contribution in [0.5, 0.6) is 0 Å². The van der Waals surface area contributed by atoms with E-state index < -0.39 is 0 Å². The standard InChI is InChI=1S/C11H13N3S/c1-14-7-6-13-11(14)15-8-9-2-4-10(12)5-3-9/h2-7H,8,12H2,1H3. The summed E-state index contributed by atoms with van der Waals surface area (Å²) >= 11 is 1.72. The van der Waals surface area contributed by atoms with E-state index in [2.05, 4.69) is 4.98 Å². The lowest BCUT2D eigenvalue weighted by molar-refractivity contribution is 0.790. The molecule has 0 saturated heterocycles. The first-order valence-corrected chi connectivity index (χ1v) is 5.69. The summed E-state index contributed by atoms with van der Waals surface area (Å²) in [6, 6.07) is 7.94. The molecule has 2 N–H and O–H groups in total. The Balaban J connectivity index is 1.99. The van der Waals surface area contributed by atoms with Crippen molar-refractivity contribution in [2.75, 3.05) is 5.73 Å². The molecule has 0 bridgehead atoms. The summed E-state index contributed by atoms with van der Waals surface area (Å²) in [6.45, 7) is 0. The number of imidazole rings is 1. The van der Waals surface area contributed by atoms with Crippen LogP contribution in [0.4, 0.5) is 5.69 Å². The third kappa shape index (κ3) is 2.53. The molecule has 0 amide bonds. The number of nitrogen functional groups attached to an aromatic ring is 1. The number of aromatic nitrogens is 2. The first kappa shape index (κ1) is 10.1. The van der Waals surface area contributed by atoms with Crippen LogP contribution in [0, 0.1) is 0 Å². The van der Waals surface area contributed by atoms with E-state index in [0.717, 1.165) is 16.6 Å². The van der Waals surface area contributed by atoms with Gasteiger partial charge in [-0.1, -0.05) is 23.9 Å². The van der Waals surface area contributed by atoms with Crippen molar-refractivity contribution in [2.24, 2.45) is 7.05 Å². The maximum absolute atomic E-state index is 5.62. The summed E-state index contributed by atoms with van der Waals surface area (Å²) in [7, 11) is 2.00. The molecular weight excluding hydrogens is 206 g/mol. The molecule has 0 spiro atoms. The number of hydrogen-bond acceptors (Lipinski definition) is 3. The number of benzene rings is 1. The predicted octanol–water partition coefficient (Wildman–Crippen LogP) is 2.29. The van der Waals surface area contributed by atoms with Crippen LogP contribution in [0.3, 0.4) is 0 Å². The third-order valence-corrected chi connectivity index (χ3v) is 3.25. The van der Waals surface area contributed by atoms with E-state index in [1.807, 2.05) is 48.3 Å². The van der Waals surface area contributed by atoms with Crippen molar-refractivity contribution >= 4 is 17.4 Å². The molecule has 0 unspecified atom stereocenters. The van der Waals surface area contributed by atoms with Crippen LogP contribution in [0.15, 0.2) is 41.8 Å². The molecule has 0 radical (unpaired) electrons. The minimum absolute atomic E-state index is 0.806. The monoisotopic (exact) mass is 219 g/mol. The average Bonchev–Trinajstić information content (AvgIpc) is 2.63. The topological polar surface area (TPSA) is 43.8 Å². The summed E-state index contributed by atoms with van der Waals surface area (Å²) in [5.41, 5.74) is 7.69. The van der Waals surface area contributed by atoms with Gasteiger partial charge in [-0.25, -0.2) is 4.98 Å². The number of nitrogens with zero attached hydrogens (tertiary/aromatic N) is 2. The zero-order chi connectivity index (χ0) is 10.7. The van der Waals surface area contributed by atoms with Gasteiger partial charge in [-0.05, 0) is 17.7 Å². The molecule has 0 aliphatic heterocycles. The molecule has 1 aromatic heterocycles. The Labute approximate surface area is 93.3 Å². The van der Waals surface area contributed by atoms with Crippen LogP contribution < -0.4 is 5.73 Å². The lowest BCUT2D eigenvalue weighted by atomic mass is 10.2. The van der Waals surface area contributed by atoms with E-state index in [-0.39, 0.29) is 0 Å². The molecule has 0 atom stereocenters. The number of rotatable bonds is 3. The highest BCUT2D eigenvalue weighted by Crippen LogP contribution is 2.20. The van der Waals surface area contributed by atoms with Gasteiger partial charge in [-0.2, -0.15) is 0 Å². The summed E-state index contributed by atoms with van der Waals surface area (Å²) in [5.74, 6) is 0.922. The molecule has 1 aromatic carbocycles. The van der Waals surface area contributed by atoms with E-state index in [9.17, 15) is 0 Å². The number of nitrogens with two attached hydrogens (primary N) is 1. The molecule has 0 fully saturated rings. The van der Waals surface area contributed by atoms with Crippen molar-refractivity contribution in [1.82, 2.24) is 9.55 Å². The van der Waals surface area contributed by atoms with Gasteiger partial charge in [0.05, 0.1) is 0 Å². The first-order chi connectivity index (χ1) is 7.25. The highest BCUT2D eigenvalue weighted by Gasteiger charge is 2.00. The Morgan fingerprint density at radius 3 is 2.67 bits per heavy atom. The molecule has 15 heavy (non-hydrogen) atoms. The molecule has 4 heteroatoms. The second-order valence-electron chi connectivity index (χ2n) is 3.35. The molecule has 0 aliphatic carbocycles. The Bertz CT molecular complexity index is 433. The van der Waals surface area contributed by atoms with Gasteiger partial charge < -0.3 is 10.3 Å². The second-order valence-corrected chi connectivity index (χ2v) is 4.29. The van der Waals surface area contributed by atoms with Gasteiger partial charge in [0.1, 0.15) is 0 Å². The lowest BCUT2D eigenvalue weighted by Gasteiger charge is -2.02. The molecule has 2 rings (SSSR count).